The van der Waals surface area contributed by atoms with Gasteiger partial charge in [-0.3, -0.25) is 19.3 Å². The molecule has 0 saturated heterocycles. The number of rotatable bonds is 4. The van der Waals surface area contributed by atoms with Crippen molar-refractivity contribution in [2.45, 2.75) is 6.92 Å². The third-order valence-electron chi connectivity index (χ3n) is 4.10. The average Bonchev–Trinajstić information content (AvgIpc) is 2.88. The summed E-state index contributed by atoms with van der Waals surface area (Å²) < 4.78 is 4.65. The van der Waals surface area contributed by atoms with Gasteiger partial charge in [-0.15, -0.1) is 0 Å². The second-order valence-corrected chi connectivity index (χ2v) is 5.81. The predicted octanol–water partition coefficient (Wildman–Crippen LogP) is 2.02. The summed E-state index contributed by atoms with van der Waals surface area (Å²) in [7, 11) is 1.29. The van der Waals surface area contributed by atoms with E-state index in [-0.39, 0.29) is 6.54 Å². The van der Waals surface area contributed by atoms with Crippen molar-refractivity contribution in [1.82, 2.24) is 4.90 Å². The number of carbonyl (C=O) groups excluding carboxylic acids is 4. The van der Waals surface area contributed by atoms with Gasteiger partial charge in [-0.05, 0) is 42.8 Å². The second-order valence-electron chi connectivity index (χ2n) is 5.81. The molecule has 1 aliphatic rings. The molecule has 7 nitrogen and oxygen atoms in total. The standard InChI is InChI=1S/C19H16N2O5/c1-11-9-12(19(25)26-2)7-8-15(11)20-16(22)10-21-17(23)13-5-3-4-6-14(13)18(21)24/h3-9H,10H2,1-2H3,(H,20,22). The number of hydrogen-bond donors (Lipinski definition) is 1. The van der Waals surface area contributed by atoms with Crippen LogP contribution in [0.5, 0.6) is 0 Å². The first kappa shape index (κ1) is 17.3. The number of anilines is 1. The summed E-state index contributed by atoms with van der Waals surface area (Å²) in [5.41, 5.74) is 2.10. The minimum atomic E-state index is -0.506. The van der Waals surface area contributed by atoms with Gasteiger partial charge in [-0.2, -0.15) is 0 Å². The highest BCUT2D eigenvalue weighted by molar-refractivity contribution is 6.22. The molecule has 3 amide bonds. The van der Waals surface area contributed by atoms with E-state index >= 15 is 0 Å². The highest BCUT2D eigenvalue weighted by atomic mass is 16.5. The van der Waals surface area contributed by atoms with E-state index in [0.717, 1.165) is 4.90 Å². The maximum atomic E-state index is 12.3. The molecule has 1 aliphatic heterocycles. The predicted molar refractivity (Wildman–Crippen MR) is 93.0 cm³/mol. The minimum absolute atomic E-state index is 0.295. The van der Waals surface area contributed by atoms with Crippen LogP contribution >= 0.6 is 0 Å². The first-order valence-corrected chi connectivity index (χ1v) is 7.86. The van der Waals surface area contributed by atoms with E-state index in [0.29, 0.717) is 27.9 Å². The molecule has 0 radical (unpaired) electrons. The Morgan fingerprint density at radius 3 is 2.19 bits per heavy atom. The van der Waals surface area contributed by atoms with Crippen molar-refractivity contribution in [3.63, 3.8) is 0 Å². The fourth-order valence-corrected chi connectivity index (χ4v) is 2.76. The Morgan fingerprint density at radius 1 is 1.04 bits per heavy atom. The Balaban J connectivity index is 1.71. The van der Waals surface area contributed by atoms with Crippen LogP contribution in [0.15, 0.2) is 42.5 Å². The van der Waals surface area contributed by atoms with Gasteiger partial charge in [0.15, 0.2) is 0 Å². The molecule has 3 rings (SSSR count). The third-order valence-corrected chi connectivity index (χ3v) is 4.10. The molecule has 7 heteroatoms. The molecule has 0 spiro atoms. The van der Waals surface area contributed by atoms with Crippen molar-refractivity contribution in [2.75, 3.05) is 19.0 Å². The van der Waals surface area contributed by atoms with Gasteiger partial charge < -0.3 is 10.1 Å². The molecule has 132 valence electrons. The Labute approximate surface area is 149 Å². The number of nitrogens with one attached hydrogen (secondary N) is 1. The number of imide groups is 1. The molecule has 1 heterocycles. The van der Waals surface area contributed by atoms with Crippen molar-refractivity contribution in [3.8, 4) is 0 Å². The number of hydrogen-bond acceptors (Lipinski definition) is 5. The summed E-state index contributed by atoms with van der Waals surface area (Å²) >= 11 is 0. The van der Waals surface area contributed by atoms with Crippen LogP contribution in [0, 0.1) is 6.92 Å². The number of esters is 1. The number of methoxy groups -OCH3 is 1. The molecule has 26 heavy (non-hydrogen) atoms. The molecule has 0 atom stereocenters. The van der Waals surface area contributed by atoms with Gasteiger partial charge in [0.1, 0.15) is 6.54 Å². The maximum absolute atomic E-state index is 12.3. The molecular weight excluding hydrogens is 336 g/mol. The molecule has 0 saturated carbocycles. The number of ether oxygens (including phenoxy) is 1. The van der Waals surface area contributed by atoms with Gasteiger partial charge in [-0.1, -0.05) is 12.1 Å². The van der Waals surface area contributed by atoms with Gasteiger partial charge in [0.25, 0.3) is 11.8 Å². The number of aryl methyl sites for hydroxylation is 1. The lowest BCUT2D eigenvalue weighted by Crippen LogP contribution is -2.37. The lowest BCUT2D eigenvalue weighted by atomic mass is 10.1. The Bertz CT molecular complexity index is 900. The van der Waals surface area contributed by atoms with Crippen molar-refractivity contribution < 1.29 is 23.9 Å². The van der Waals surface area contributed by atoms with Crippen LogP contribution in [0.4, 0.5) is 5.69 Å². The van der Waals surface area contributed by atoms with E-state index in [1.165, 1.54) is 13.2 Å². The summed E-state index contributed by atoms with van der Waals surface area (Å²) in [4.78, 5) is 49.3. The lowest BCUT2D eigenvalue weighted by molar-refractivity contribution is -0.116. The van der Waals surface area contributed by atoms with Crippen LogP contribution in [-0.2, 0) is 9.53 Å². The van der Waals surface area contributed by atoms with E-state index in [9.17, 15) is 19.2 Å². The average molecular weight is 352 g/mol. The third kappa shape index (κ3) is 3.06. The fourth-order valence-electron chi connectivity index (χ4n) is 2.76. The highest BCUT2D eigenvalue weighted by Gasteiger charge is 2.36. The molecule has 0 fully saturated rings. The number of nitrogens with zero attached hydrogens (tertiary/aromatic N) is 1. The van der Waals surface area contributed by atoms with Gasteiger partial charge >= 0.3 is 5.97 Å². The summed E-state index contributed by atoms with van der Waals surface area (Å²) in [5, 5.41) is 2.65. The SMILES string of the molecule is COC(=O)c1ccc(NC(=O)CN2C(=O)c3ccccc3C2=O)c(C)c1. The minimum Gasteiger partial charge on any atom is -0.465 e. The van der Waals surface area contributed by atoms with Crippen molar-refractivity contribution in [3.05, 3.63) is 64.7 Å². The summed E-state index contributed by atoms with van der Waals surface area (Å²) in [6.07, 6.45) is 0. The quantitative estimate of drug-likeness (QED) is 0.671. The zero-order chi connectivity index (χ0) is 18.8. The lowest BCUT2D eigenvalue weighted by Gasteiger charge is -2.15. The zero-order valence-corrected chi connectivity index (χ0v) is 14.2. The van der Waals surface area contributed by atoms with E-state index in [1.54, 1.807) is 43.3 Å². The molecule has 0 aliphatic carbocycles. The second kappa shape index (κ2) is 6.79. The van der Waals surface area contributed by atoms with Crippen LogP contribution in [0.3, 0.4) is 0 Å². The van der Waals surface area contributed by atoms with Crippen LogP contribution in [0.2, 0.25) is 0 Å². The smallest absolute Gasteiger partial charge is 0.337 e. The number of benzene rings is 2. The van der Waals surface area contributed by atoms with Gasteiger partial charge in [0, 0.05) is 5.69 Å². The monoisotopic (exact) mass is 352 g/mol. The molecule has 1 N–H and O–H groups in total. The van der Waals surface area contributed by atoms with Crippen LogP contribution in [-0.4, -0.2) is 42.2 Å². The largest absolute Gasteiger partial charge is 0.465 e. The van der Waals surface area contributed by atoms with Crippen LogP contribution in [0.25, 0.3) is 0 Å². The van der Waals surface area contributed by atoms with Gasteiger partial charge in [-0.25, -0.2) is 4.79 Å². The zero-order valence-electron chi connectivity index (χ0n) is 14.2. The van der Waals surface area contributed by atoms with Crippen molar-refractivity contribution in [1.29, 1.82) is 0 Å². The Morgan fingerprint density at radius 2 is 1.65 bits per heavy atom. The molecular formula is C19H16N2O5. The molecule has 0 bridgehead atoms. The number of amides is 3. The van der Waals surface area contributed by atoms with Gasteiger partial charge in [0.2, 0.25) is 5.91 Å². The summed E-state index contributed by atoms with van der Waals surface area (Å²) in [6.45, 7) is 1.34. The van der Waals surface area contributed by atoms with Crippen LogP contribution < -0.4 is 5.32 Å². The molecule has 0 aromatic heterocycles. The fraction of sp³-hybridized carbons (Fsp3) is 0.158. The topological polar surface area (TPSA) is 92.8 Å². The first-order chi connectivity index (χ1) is 12.4. The Hall–Kier alpha value is -3.48. The van der Waals surface area contributed by atoms with E-state index in [1.807, 2.05) is 0 Å². The maximum Gasteiger partial charge on any atom is 0.337 e. The highest BCUT2D eigenvalue weighted by Crippen LogP contribution is 2.22. The number of fused-ring (bicyclic) bond motifs is 1. The Kier molecular flexibility index (Phi) is 4.53. The number of carbonyl (C=O) groups is 4. The molecule has 2 aromatic carbocycles. The van der Waals surface area contributed by atoms with Crippen molar-refractivity contribution >= 4 is 29.4 Å². The summed E-state index contributed by atoms with van der Waals surface area (Å²) in [6, 6.07) is 11.1. The molecule has 0 unspecified atom stereocenters. The van der Waals surface area contributed by atoms with E-state index < -0.39 is 23.7 Å². The normalized spacial score (nSPS) is 12.8. The summed E-state index contributed by atoms with van der Waals surface area (Å²) in [5.74, 6) is -1.96. The first-order valence-electron chi connectivity index (χ1n) is 7.86. The van der Waals surface area contributed by atoms with Crippen LogP contribution in [0.1, 0.15) is 36.6 Å². The van der Waals surface area contributed by atoms with Gasteiger partial charge in [0.05, 0.1) is 23.8 Å². The van der Waals surface area contributed by atoms with E-state index in [2.05, 4.69) is 10.1 Å². The van der Waals surface area contributed by atoms with Crippen molar-refractivity contribution in [2.24, 2.45) is 0 Å². The van der Waals surface area contributed by atoms with E-state index in [4.69, 9.17) is 0 Å². The molecule has 2 aromatic rings.